The lowest BCUT2D eigenvalue weighted by Crippen LogP contribution is -2.40. The Morgan fingerprint density at radius 3 is 2.46 bits per heavy atom. The third kappa shape index (κ3) is 4.22. The maximum atomic E-state index is 13.0. The zero-order valence-electron chi connectivity index (χ0n) is 14.7. The molecule has 26 heavy (non-hydrogen) atoms. The molecular weight excluding hydrogens is 352 g/mol. The molecule has 2 aromatic rings. The lowest BCUT2D eigenvalue weighted by atomic mass is 10.1. The van der Waals surface area contributed by atoms with Gasteiger partial charge in [0.2, 0.25) is 6.10 Å². The number of carbonyl (C=O) groups is 2. The normalized spacial score (nSPS) is 15.5. The Bertz CT molecular complexity index is 822. The Morgan fingerprint density at radius 1 is 1.15 bits per heavy atom. The molecule has 7 heteroatoms. The standard InChI is InChI=1S/C19H22N2O4S/c1-14-13-26-19(24)21(14)12-16(22)25-17(15-8-4-2-5-9-15)18(23)20-10-6-3-7-11-20/h2,4-5,8-9,13,17H,3,6-7,10-12H2,1H3/t17-/m0/s1. The minimum atomic E-state index is -0.976. The van der Waals surface area contributed by atoms with Crippen LogP contribution >= 0.6 is 11.3 Å². The predicted molar refractivity (Wildman–Crippen MR) is 99.0 cm³/mol. The number of esters is 1. The fourth-order valence-corrected chi connectivity index (χ4v) is 3.80. The summed E-state index contributed by atoms with van der Waals surface area (Å²) in [4.78, 5) is 38.8. The van der Waals surface area contributed by atoms with Gasteiger partial charge in [0.15, 0.2) is 0 Å². The number of ether oxygens (including phenoxy) is 1. The summed E-state index contributed by atoms with van der Waals surface area (Å²) >= 11 is 1.04. The van der Waals surface area contributed by atoms with E-state index in [0.29, 0.717) is 24.3 Å². The van der Waals surface area contributed by atoms with Gasteiger partial charge in [-0.05, 0) is 26.2 Å². The fraction of sp³-hybridized carbons (Fsp3) is 0.421. The summed E-state index contributed by atoms with van der Waals surface area (Å²) in [5, 5.41) is 1.70. The van der Waals surface area contributed by atoms with Crippen LogP contribution in [0, 0.1) is 6.92 Å². The molecular formula is C19H22N2O4S. The van der Waals surface area contributed by atoms with Crippen LogP contribution in [-0.2, 0) is 20.9 Å². The van der Waals surface area contributed by atoms with Crippen molar-refractivity contribution in [2.75, 3.05) is 13.1 Å². The van der Waals surface area contributed by atoms with Gasteiger partial charge < -0.3 is 9.64 Å². The van der Waals surface area contributed by atoms with Gasteiger partial charge in [0.1, 0.15) is 6.54 Å². The molecule has 0 radical (unpaired) electrons. The summed E-state index contributed by atoms with van der Waals surface area (Å²) in [5.74, 6) is -0.786. The SMILES string of the molecule is Cc1csc(=O)n1CC(=O)O[C@H](C(=O)N1CCCCC1)c1ccccc1. The van der Waals surface area contributed by atoms with Crippen LogP contribution in [0.4, 0.5) is 0 Å². The van der Waals surface area contributed by atoms with Crippen LogP contribution in [0.1, 0.15) is 36.6 Å². The van der Waals surface area contributed by atoms with Crippen molar-refractivity contribution in [2.24, 2.45) is 0 Å². The van der Waals surface area contributed by atoms with Gasteiger partial charge in [-0.15, -0.1) is 0 Å². The van der Waals surface area contributed by atoms with E-state index in [0.717, 1.165) is 30.6 Å². The highest BCUT2D eigenvalue weighted by Crippen LogP contribution is 2.23. The van der Waals surface area contributed by atoms with Crippen LogP contribution in [0.3, 0.4) is 0 Å². The molecule has 1 saturated heterocycles. The number of piperidine rings is 1. The highest BCUT2D eigenvalue weighted by atomic mass is 32.1. The highest BCUT2D eigenvalue weighted by Gasteiger charge is 2.30. The smallest absolute Gasteiger partial charge is 0.327 e. The average molecular weight is 374 g/mol. The second-order valence-electron chi connectivity index (χ2n) is 6.40. The van der Waals surface area contributed by atoms with Gasteiger partial charge in [-0.2, -0.15) is 0 Å². The first-order valence-corrected chi connectivity index (χ1v) is 9.62. The Balaban J connectivity index is 1.78. The molecule has 1 atom stereocenters. The summed E-state index contributed by atoms with van der Waals surface area (Å²) in [7, 11) is 0. The predicted octanol–water partition coefficient (Wildman–Crippen LogP) is 2.52. The number of thiazole rings is 1. The Labute approximate surface area is 156 Å². The van der Waals surface area contributed by atoms with Crippen molar-refractivity contribution in [1.29, 1.82) is 0 Å². The molecule has 138 valence electrons. The van der Waals surface area contributed by atoms with Gasteiger partial charge in [-0.1, -0.05) is 41.7 Å². The number of amides is 1. The van der Waals surface area contributed by atoms with Crippen molar-refractivity contribution >= 4 is 23.2 Å². The molecule has 1 aliphatic heterocycles. The van der Waals surface area contributed by atoms with Crippen LogP contribution in [0.2, 0.25) is 0 Å². The summed E-state index contributed by atoms with van der Waals surface area (Å²) in [5.41, 5.74) is 1.35. The van der Waals surface area contributed by atoms with E-state index in [9.17, 15) is 14.4 Å². The van der Waals surface area contributed by atoms with E-state index < -0.39 is 12.1 Å². The molecule has 0 aliphatic carbocycles. The lowest BCUT2D eigenvalue weighted by molar-refractivity contribution is -0.162. The zero-order chi connectivity index (χ0) is 18.5. The van der Waals surface area contributed by atoms with Crippen LogP contribution in [0.25, 0.3) is 0 Å². The van der Waals surface area contributed by atoms with Crippen molar-refractivity contribution in [3.63, 3.8) is 0 Å². The second-order valence-corrected chi connectivity index (χ2v) is 7.22. The Hall–Kier alpha value is -2.41. The van der Waals surface area contributed by atoms with E-state index in [-0.39, 0.29) is 17.3 Å². The minimum Gasteiger partial charge on any atom is -0.446 e. The van der Waals surface area contributed by atoms with Crippen LogP contribution in [-0.4, -0.2) is 34.4 Å². The van der Waals surface area contributed by atoms with Gasteiger partial charge in [0.25, 0.3) is 5.91 Å². The number of benzene rings is 1. The molecule has 1 aliphatic rings. The molecule has 0 spiro atoms. The topological polar surface area (TPSA) is 68.6 Å². The van der Waals surface area contributed by atoms with Crippen molar-refractivity contribution in [3.8, 4) is 0 Å². The van der Waals surface area contributed by atoms with Gasteiger partial charge >= 0.3 is 10.8 Å². The summed E-state index contributed by atoms with van der Waals surface area (Å²) in [6.45, 7) is 2.94. The molecule has 0 N–H and O–H groups in total. The quantitative estimate of drug-likeness (QED) is 0.754. The van der Waals surface area contributed by atoms with Crippen molar-refractivity contribution in [2.45, 2.75) is 38.8 Å². The van der Waals surface area contributed by atoms with Crippen LogP contribution in [0.5, 0.6) is 0 Å². The van der Waals surface area contributed by atoms with Gasteiger partial charge in [0, 0.05) is 29.7 Å². The number of aryl methyl sites for hydroxylation is 1. The lowest BCUT2D eigenvalue weighted by Gasteiger charge is -2.30. The van der Waals surface area contributed by atoms with Gasteiger partial charge in [-0.25, -0.2) is 0 Å². The van der Waals surface area contributed by atoms with Gasteiger partial charge in [0.05, 0.1) is 0 Å². The maximum absolute atomic E-state index is 13.0. The van der Waals surface area contributed by atoms with E-state index in [1.807, 2.05) is 18.2 Å². The summed E-state index contributed by atoms with van der Waals surface area (Å²) in [6.07, 6.45) is 2.06. The second kappa shape index (κ2) is 8.31. The highest BCUT2D eigenvalue weighted by molar-refractivity contribution is 7.07. The van der Waals surface area contributed by atoms with E-state index in [4.69, 9.17) is 4.74 Å². The Morgan fingerprint density at radius 2 is 1.85 bits per heavy atom. The zero-order valence-corrected chi connectivity index (χ0v) is 15.5. The van der Waals surface area contributed by atoms with Crippen molar-refractivity contribution in [3.05, 3.63) is 56.6 Å². The average Bonchev–Trinajstić information content (AvgIpc) is 2.99. The third-order valence-corrected chi connectivity index (χ3v) is 5.39. The maximum Gasteiger partial charge on any atom is 0.327 e. The minimum absolute atomic E-state index is 0.190. The number of aromatic nitrogens is 1. The molecule has 3 rings (SSSR count). The number of rotatable bonds is 5. The van der Waals surface area contributed by atoms with E-state index in [1.54, 1.807) is 29.3 Å². The molecule has 2 heterocycles. The number of nitrogens with zero attached hydrogens (tertiary/aromatic N) is 2. The van der Waals surface area contributed by atoms with E-state index >= 15 is 0 Å². The molecule has 0 saturated carbocycles. The van der Waals surface area contributed by atoms with Crippen molar-refractivity contribution in [1.82, 2.24) is 9.47 Å². The largest absolute Gasteiger partial charge is 0.446 e. The monoisotopic (exact) mass is 374 g/mol. The number of hydrogen-bond acceptors (Lipinski definition) is 5. The molecule has 6 nitrogen and oxygen atoms in total. The first-order chi connectivity index (χ1) is 12.6. The molecule has 0 bridgehead atoms. The molecule has 1 aromatic carbocycles. The molecule has 1 aromatic heterocycles. The van der Waals surface area contributed by atoms with Gasteiger partial charge in [-0.3, -0.25) is 19.0 Å². The third-order valence-electron chi connectivity index (χ3n) is 4.51. The first kappa shape index (κ1) is 18.4. The van der Waals surface area contributed by atoms with Crippen molar-refractivity contribution < 1.29 is 14.3 Å². The number of likely N-dealkylation sites (tertiary alicyclic amines) is 1. The molecule has 1 amide bonds. The Kier molecular flexibility index (Phi) is 5.88. The van der Waals surface area contributed by atoms with E-state index in [1.165, 1.54) is 4.57 Å². The summed E-state index contributed by atoms with van der Waals surface area (Å²) in [6, 6.07) is 9.03. The van der Waals surface area contributed by atoms with E-state index in [2.05, 4.69) is 0 Å². The van der Waals surface area contributed by atoms with Crippen LogP contribution < -0.4 is 4.87 Å². The fourth-order valence-electron chi connectivity index (χ4n) is 3.06. The number of carbonyl (C=O) groups excluding carboxylic acids is 2. The molecule has 1 fully saturated rings. The molecule has 0 unspecified atom stereocenters. The first-order valence-electron chi connectivity index (χ1n) is 8.74. The number of hydrogen-bond donors (Lipinski definition) is 0. The summed E-state index contributed by atoms with van der Waals surface area (Å²) < 4.78 is 6.91. The van der Waals surface area contributed by atoms with Crippen LogP contribution in [0.15, 0.2) is 40.5 Å².